The van der Waals surface area contributed by atoms with Crippen LogP contribution in [0, 0.1) is 19.3 Å². The number of aliphatic hydroxyl groups is 1. The van der Waals surface area contributed by atoms with Crippen LogP contribution in [0.5, 0.6) is 0 Å². The van der Waals surface area contributed by atoms with Crippen molar-refractivity contribution in [3.63, 3.8) is 0 Å². The number of aryl methyl sites for hydroxylation is 2. The molecule has 0 saturated heterocycles. The summed E-state index contributed by atoms with van der Waals surface area (Å²) in [6, 6.07) is -0.332. The molecule has 0 bridgehead atoms. The predicted octanol–water partition coefficient (Wildman–Crippen LogP) is 2.98. The smallest absolute Gasteiger partial charge is 0.315 e. The number of hydrogen-bond donors (Lipinski definition) is 3. The Balaban J connectivity index is 1.93. The Bertz CT molecular complexity index is 524. The van der Waals surface area contributed by atoms with E-state index in [-0.39, 0.29) is 23.6 Å². The summed E-state index contributed by atoms with van der Waals surface area (Å²) in [5, 5.41) is 20.1. The third-order valence-electron chi connectivity index (χ3n) is 5.08. The molecular formula is C17H29N3O3. The first-order valence-corrected chi connectivity index (χ1v) is 8.52. The lowest BCUT2D eigenvalue weighted by atomic mass is 9.73. The van der Waals surface area contributed by atoms with Gasteiger partial charge >= 0.3 is 6.03 Å². The summed E-state index contributed by atoms with van der Waals surface area (Å²) in [4.78, 5) is 12.3. The molecule has 0 aromatic carbocycles. The Morgan fingerprint density at radius 1 is 1.48 bits per heavy atom. The first kappa shape index (κ1) is 17.8. The van der Waals surface area contributed by atoms with Gasteiger partial charge in [0.1, 0.15) is 5.76 Å². The minimum atomic E-state index is -0.346. The van der Waals surface area contributed by atoms with Crippen molar-refractivity contribution < 1.29 is 14.4 Å². The van der Waals surface area contributed by atoms with Crippen LogP contribution >= 0.6 is 0 Å². The molecule has 1 aromatic heterocycles. The molecule has 1 fully saturated rings. The summed E-state index contributed by atoms with van der Waals surface area (Å²) >= 11 is 0. The largest absolute Gasteiger partial charge is 0.392 e. The molecule has 6 heteroatoms. The second-order valence-corrected chi connectivity index (χ2v) is 6.94. The van der Waals surface area contributed by atoms with E-state index in [0.717, 1.165) is 49.1 Å². The van der Waals surface area contributed by atoms with Gasteiger partial charge in [-0.15, -0.1) is 0 Å². The number of amides is 2. The van der Waals surface area contributed by atoms with Crippen LogP contribution in [0.2, 0.25) is 0 Å². The summed E-state index contributed by atoms with van der Waals surface area (Å²) in [6.07, 6.45) is 4.34. The van der Waals surface area contributed by atoms with E-state index >= 15 is 0 Å². The molecule has 2 amide bonds. The van der Waals surface area contributed by atoms with Crippen LogP contribution < -0.4 is 10.6 Å². The lowest BCUT2D eigenvalue weighted by molar-refractivity contribution is 0.00304. The van der Waals surface area contributed by atoms with Gasteiger partial charge in [-0.3, -0.25) is 0 Å². The fourth-order valence-corrected chi connectivity index (χ4v) is 3.45. The standard InChI is InChI=1S/C17H29N3O3/c1-5-13(15-11(2)20-23-12(15)3)19-16(22)18-10-17(4)9-7-6-8-14(17)21/h13-14,21H,5-10H2,1-4H3,(H2,18,19,22). The fraction of sp³-hybridized carbons (Fsp3) is 0.765. The van der Waals surface area contributed by atoms with Gasteiger partial charge in [0.2, 0.25) is 0 Å². The second-order valence-electron chi connectivity index (χ2n) is 6.94. The Hall–Kier alpha value is -1.56. The number of aromatic nitrogens is 1. The quantitative estimate of drug-likeness (QED) is 0.777. The van der Waals surface area contributed by atoms with Crippen molar-refractivity contribution in [2.24, 2.45) is 5.41 Å². The molecule has 1 aromatic rings. The molecule has 0 spiro atoms. The third kappa shape index (κ3) is 4.05. The zero-order valence-corrected chi connectivity index (χ0v) is 14.6. The minimum absolute atomic E-state index is 0.120. The number of carbonyl (C=O) groups excluding carboxylic acids is 1. The van der Waals surface area contributed by atoms with Crippen LogP contribution in [0.1, 0.15) is 69.0 Å². The topological polar surface area (TPSA) is 87.4 Å². The molecule has 130 valence electrons. The fourth-order valence-electron chi connectivity index (χ4n) is 3.45. The molecule has 1 aliphatic rings. The molecule has 6 nitrogen and oxygen atoms in total. The Morgan fingerprint density at radius 3 is 2.78 bits per heavy atom. The predicted molar refractivity (Wildman–Crippen MR) is 88.1 cm³/mol. The van der Waals surface area contributed by atoms with E-state index in [1.165, 1.54) is 0 Å². The van der Waals surface area contributed by atoms with Crippen molar-refractivity contribution >= 4 is 6.03 Å². The van der Waals surface area contributed by atoms with E-state index in [1.807, 2.05) is 27.7 Å². The second kappa shape index (κ2) is 7.34. The Labute approximate surface area is 138 Å². The molecule has 1 saturated carbocycles. The molecular weight excluding hydrogens is 294 g/mol. The number of nitrogens with one attached hydrogen (secondary N) is 2. The van der Waals surface area contributed by atoms with E-state index in [2.05, 4.69) is 15.8 Å². The zero-order valence-electron chi connectivity index (χ0n) is 14.6. The first-order chi connectivity index (χ1) is 10.9. The zero-order chi connectivity index (χ0) is 17.0. The number of aliphatic hydroxyl groups excluding tert-OH is 1. The lowest BCUT2D eigenvalue weighted by Crippen LogP contribution is -2.48. The van der Waals surface area contributed by atoms with Gasteiger partial charge in [0.05, 0.1) is 17.8 Å². The average molecular weight is 323 g/mol. The van der Waals surface area contributed by atoms with Gasteiger partial charge < -0.3 is 20.3 Å². The van der Waals surface area contributed by atoms with Crippen LogP contribution in [0.4, 0.5) is 4.79 Å². The van der Waals surface area contributed by atoms with Crippen molar-refractivity contribution in [1.82, 2.24) is 15.8 Å². The van der Waals surface area contributed by atoms with Gasteiger partial charge in [0.25, 0.3) is 0 Å². The van der Waals surface area contributed by atoms with E-state index in [1.54, 1.807) is 0 Å². The van der Waals surface area contributed by atoms with Gasteiger partial charge in [0.15, 0.2) is 0 Å². The lowest BCUT2D eigenvalue weighted by Gasteiger charge is -2.38. The first-order valence-electron chi connectivity index (χ1n) is 8.52. The van der Waals surface area contributed by atoms with Gasteiger partial charge in [0, 0.05) is 17.5 Å². The molecule has 2 rings (SSSR count). The molecule has 3 atom stereocenters. The molecule has 1 heterocycles. The third-order valence-corrected chi connectivity index (χ3v) is 5.08. The van der Waals surface area contributed by atoms with Crippen LogP contribution in [-0.4, -0.2) is 28.9 Å². The highest BCUT2D eigenvalue weighted by atomic mass is 16.5. The van der Waals surface area contributed by atoms with Crippen molar-refractivity contribution in [3.8, 4) is 0 Å². The van der Waals surface area contributed by atoms with Crippen molar-refractivity contribution in [3.05, 3.63) is 17.0 Å². The van der Waals surface area contributed by atoms with Crippen LogP contribution in [-0.2, 0) is 0 Å². The minimum Gasteiger partial charge on any atom is -0.392 e. The van der Waals surface area contributed by atoms with Crippen LogP contribution in [0.15, 0.2) is 4.52 Å². The highest BCUT2D eigenvalue weighted by Crippen LogP contribution is 2.35. The number of rotatable bonds is 5. The Morgan fingerprint density at radius 2 is 2.22 bits per heavy atom. The monoisotopic (exact) mass is 323 g/mol. The summed E-state index contributed by atoms with van der Waals surface area (Å²) in [6.45, 7) is 8.29. The summed E-state index contributed by atoms with van der Waals surface area (Å²) < 4.78 is 5.19. The van der Waals surface area contributed by atoms with Crippen LogP contribution in [0.25, 0.3) is 0 Å². The van der Waals surface area contributed by atoms with Crippen molar-refractivity contribution in [1.29, 1.82) is 0 Å². The average Bonchev–Trinajstić information content (AvgIpc) is 2.85. The molecule has 23 heavy (non-hydrogen) atoms. The highest BCUT2D eigenvalue weighted by Gasteiger charge is 2.35. The van der Waals surface area contributed by atoms with Gasteiger partial charge in [-0.2, -0.15) is 0 Å². The summed E-state index contributed by atoms with van der Waals surface area (Å²) in [5.41, 5.74) is 1.52. The Kier molecular flexibility index (Phi) is 5.68. The van der Waals surface area contributed by atoms with E-state index in [0.29, 0.717) is 6.54 Å². The molecule has 0 radical (unpaired) electrons. The molecule has 3 unspecified atom stereocenters. The maximum atomic E-state index is 12.3. The van der Waals surface area contributed by atoms with Gasteiger partial charge in [-0.05, 0) is 33.1 Å². The van der Waals surface area contributed by atoms with E-state index in [4.69, 9.17) is 4.52 Å². The maximum absolute atomic E-state index is 12.3. The molecule has 1 aliphatic carbocycles. The SMILES string of the molecule is CCC(NC(=O)NCC1(C)CCCCC1O)c1c(C)noc1C. The maximum Gasteiger partial charge on any atom is 0.315 e. The summed E-state index contributed by atoms with van der Waals surface area (Å²) in [7, 11) is 0. The number of carbonyl (C=O) groups is 1. The summed E-state index contributed by atoms with van der Waals surface area (Å²) in [5.74, 6) is 0.740. The van der Waals surface area contributed by atoms with Crippen molar-refractivity contribution in [2.75, 3.05) is 6.54 Å². The number of nitrogens with zero attached hydrogens (tertiary/aromatic N) is 1. The number of hydrogen-bond acceptors (Lipinski definition) is 4. The van der Waals surface area contributed by atoms with Gasteiger partial charge in [-0.1, -0.05) is 31.8 Å². The molecule has 0 aliphatic heterocycles. The van der Waals surface area contributed by atoms with Gasteiger partial charge in [-0.25, -0.2) is 4.79 Å². The van der Waals surface area contributed by atoms with E-state index in [9.17, 15) is 9.90 Å². The number of urea groups is 1. The normalized spacial score (nSPS) is 25.9. The molecule has 3 N–H and O–H groups in total. The van der Waals surface area contributed by atoms with Crippen molar-refractivity contribution in [2.45, 2.75) is 71.9 Å². The van der Waals surface area contributed by atoms with Crippen LogP contribution in [0.3, 0.4) is 0 Å². The van der Waals surface area contributed by atoms with E-state index < -0.39 is 0 Å². The highest BCUT2D eigenvalue weighted by molar-refractivity contribution is 5.74.